The summed E-state index contributed by atoms with van der Waals surface area (Å²) in [6, 6.07) is 6.05. The van der Waals surface area contributed by atoms with Crippen LogP contribution in [-0.2, 0) is 4.74 Å². The van der Waals surface area contributed by atoms with E-state index >= 15 is 0 Å². The predicted octanol–water partition coefficient (Wildman–Crippen LogP) is 5.40. The maximum absolute atomic E-state index is 12.2. The van der Waals surface area contributed by atoms with E-state index in [4.69, 9.17) is 15.2 Å². The summed E-state index contributed by atoms with van der Waals surface area (Å²) in [5.74, 6) is 0.987. The van der Waals surface area contributed by atoms with Crippen LogP contribution in [0, 0.1) is 5.41 Å². The molecule has 32 heavy (non-hydrogen) atoms. The van der Waals surface area contributed by atoms with Gasteiger partial charge in [-0.25, -0.2) is 14.8 Å². The molecule has 170 valence electrons. The Hall–Kier alpha value is -3.29. The Bertz CT molecular complexity index is 1130. The average Bonchev–Trinajstić information content (AvgIpc) is 3.40. The van der Waals surface area contributed by atoms with Gasteiger partial charge in [-0.15, -0.1) is 0 Å². The van der Waals surface area contributed by atoms with Crippen LogP contribution in [0.4, 0.5) is 16.3 Å². The molecule has 2 aromatic heterocycles. The van der Waals surface area contributed by atoms with Crippen molar-refractivity contribution in [1.82, 2.24) is 14.5 Å². The van der Waals surface area contributed by atoms with Crippen molar-refractivity contribution in [1.29, 1.82) is 0 Å². The van der Waals surface area contributed by atoms with Gasteiger partial charge >= 0.3 is 6.09 Å². The maximum Gasteiger partial charge on any atom is 0.411 e. The Kier molecular flexibility index (Phi) is 5.95. The number of ether oxygens (including phenoxy) is 2. The summed E-state index contributed by atoms with van der Waals surface area (Å²) in [6.45, 7) is 6.34. The third kappa shape index (κ3) is 4.49. The molecule has 0 saturated heterocycles. The second kappa shape index (κ2) is 8.68. The van der Waals surface area contributed by atoms with Crippen molar-refractivity contribution < 1.29 is 14.3 Å². The topological polar surface area (TPSA) is 104 Å². The zero-order valence-electron chi connectivity index (χ0n) is 19.1. The van der Waals surface area contributed by atoms with E-state index in [1.54, 1.807) is 7.11 Å². The number of hydrogen-bond donors (Lipinski definition) is 2. The molecule has 4 rings (SSSR count). The number of benzene rings is 1. The Morgan fingerprint density at radius 1 is 1.25 bits per heavy atom. The number of carbonyl (C=O) groups is 1. The largest absolute Gasteiger partial charge is 0.495 e. The SMILES string of the molecule is COc1cc(-c2cn(C3CCCC3)c3ncnc(N)c23)ccc1NC(=O)OCC(C)(C)C. The molecule has 3 aromatic rings. The smallest absolute Gasteiger partial charge is 0.411 e. The van der Waals surface area contributed by atoms with Crippen LogP contribution in [-0.4, -0.2) is 34.3 Å². The lowest BCUT2D eigenvalue weighted by atomic mass is 9.99. The molecule has 1 amide bonds. The van der Waals surface area contributed by atoms with Gasteiger partial charge in [0, 0.05) is 17.8 Å². The number of rotatable bonds is 5. The highest BCUT2D eigenvalue weighted by molar-refractivity contribution is 6.01. The van der Waals surface area contributed by atoms with Crippen LogP contribution in [0.2, 0.25) is 0 Å². The van der Waals surface area contributed by atoms with Crippen molar-refractivity contribution in [2.45, 2.75) is 52.5 Å². The lowest BCUT2D eigenvalue weighted by Crippen LogP contribution is -2.22. The van der Waals surface area contributed by atoms with Gasteiger partial charge in [0.2, 0.25) is 0 Å². The lowest BCUT2D eigenvalue weighted by Gasteiger charge is -2.18. The third-order valence-electron chi connectivity index (χ3n) is 5.74. The van der Waals surface area contributed by atoms with Crippen LogP contribution < -0.4 is 15.8 Å². The molecule has 0 bridgehead atoms. The standard InChI is InChI=1S/C24H31N5O3/c1-24(2,3)13-32-23(30)28-18-10-9-15(11-19(18)31-4)17-12-29(16-7-5-6-8-16)22-20(17)21(25)26-14-27-22/h9-12,14,16H,5-8,13H2,1-4H3,(H,28,30)(H2,25,26,27). The second-order valence-corrected chi connectivity index (χ2v) is 9.52. The fourth-order valence-corrected chi connectivity index (χ4v) is 4.18. The molecule has 0 aliphatic heterocycles. The van der Waals surface area contributed by atoms with E-state index in [0.717, 1.165) is 35.0 Å². The number of nitrogens with zero attached hydrogens (tertiary/aromatic N) is 3. The fraction of sp³-hybridized carbons (Fsp3) is 0.458. The minimum absolute atomic E-state index is 0.110. The molecule has 0 radical (unpaired) electrons. The van der Waals surface area contributed by atoms with E-state index < -0.39 is 6.09 Å². The summed E-state index contributed by atoms with van der Waals surface area (Å²) < 4.78 is 13.1. The van der Waals surface area contributed by atoms with Gasteiger partial charge in [-0.3, -0.25) is 5.32 Å². The van der Waals surface area contributed by atoms with Gasteiger partial charge in [0.15, 0.2) is 0 Å². The van der Waals surface area contributed by atoms with Crippen LogP contribution in [0.3, 0.4) is 0 Å². The molecule has 1 aliphatic carbocycles. The molecule has 1 aromatic carbocycles. The first-order valence-electron chi connectivity index (χ1n) is 11.0. The molecule has 0 atom stereocenters. The lowest BCUT2D eigenvalue weighted by molar-refractivity contribution is 0.118. The minimum Gasteiger partial charge on any atom is -0.495 e. The highest BCUT2D eigenvalue weighted by Gasteiger charge is 2.23. The number of hydrogen-bond acceptors (Lipinski definition) is 6. The third-order valence-corrected chi connectivity index (χ3v) is 5.74. The predicted molar refractivity (Wildman–Crippen MR) is 126 cm³/mol. The number of fused-ring (bicyclic) bond motifs is 1. The number of amides is 1. The Morgan fingerprint density at radius 3 is 2.69 bits per heavy atom. The van der Waals surface area contributed by atoms with Crippen LogP contribution in [0.15, 0.2) is 30.7 Å². The maximum atomic E-state index is 12.2. The van der Waals surface area contributed by atoms with Gasteiger partial charge in [0.05, 0.1) is 24.8 Å². The zero-order chi connectivity index (χ0) is 22.9. The second-order valence-electron chi connectivity index (χ2n) is 9.52. The quantitative estimate of drug-likeness (QED) is 0.554. The number of aromatic nitrogens is 3. The van der Waals surface area contributed by atoms with Gasteiger partial charge in [-0.2, -0.15) is 0 Å². The van der Waals surface area contributed by atoms with E-state index in [9.17, 15) is 4.79 Å². The van der Waals surface area contributed by atoms with Gasteiger partial charge in [-0.05, 0) is 36.0 Å². The van der Waals surface area contributed by atoms with Crippen molar-refractivity contribution in [2.24, 2.45) is 5.41 Å². The first-order chi connectivity index (χ1) is 15.3. The zero-order valence-corrected chi connectivity index (χ0v) is 19.1. The number of nitrogen functional groups attached to an aromatic ring is 1. The summed E-state index contributed by atoms with van der Waals surface area (Å²) in [5.41, 5.74) is 9.42. The molecule has 8 heteroatoms. The van der Waals surface area contributed by atoms with E-state index in [-0.39, 0.29) is 5.41 Å². The van der Waals surface area contributed by atoms with Gasteiger partial charge in [0.25, 0.3) is 0 Å². The number of anilines is 2. The molecular formula is C24H31N5O3. The van der Waals surface area contributed by atoms with Crippen molar-refractivity contribution >= 4 is 28.6 Å². The Morgan fingerprint density at radius 2 is 2.00 bits per heavy atom. The molecule has 0 unspecified atom stereocenters. The molecule has 0 spiro atoms. The summed E-state index contributed by atoms with van der Waals surface area (Å²) in [4.78, 5) is 21.0. The Balaban J connectivity index is 1.68. The summed E-state index contributed by atoms with van der Waals surface area (Å²) in [7, 11) is 1.57. The molecule has 2 heterocycles. The molecule has 3 N–H and O–H groups in total. The summed E-state index contributed by atoms with van der Waals surface area (Å²) in [5, 5.41) is 3.61. The van der Waals surface area contributed by atoms with Gasteiger partial charge < -0.3 is 19.8 Å². The van der Waals surface area contributed by atoms with Crippen molar-refractivity contribution in [3.8, 4) is 16.9 Å². The first kappa shape index (κ1) is 21.9. The normalized spacial score (nSPS) is 14.6. The molecule has 8 nitrogen and oxygen atoms in total. The minimum atomic E-state index is -0.513. The van der Waals surface area contributed by atoms with Crippen molar-refractivity contribution in [3.05, 3.63) is 30.7 Å². The van der Waals surface area contributed by atoms with E-state index in [2.05, 4.69) is 26.0 Å². The number of nitrogens with one attached hydrogen (secondary N) is 1. The van der Waals surface area contributed by atoms with Crippen LogP contribution in [0.25, 0.3) is 22.2 Å². The average molecular weight is 438 g/mol. The van der Waals surface area contributed by atoms with Crippen molar-refractivity contribution in [3.63, 3.8) is 0 Å². The monoisotopic (exact) mass is 437 g/mol. The van der Waals surface area contributed by atoms with Crippen LogP contribution >= 0.6 is 0 Å². The number of methoxy groups -OCH3 is 1. The number of carbonyl (C=O) groups excluding carboxylic acids is 1. The highest BCUT2D eigenvalue weighted by Crippen LogP contribution is 2.40. The molecule has 1 saturated carbocycles. The van der Waals surface area contributed by atoms with Crippen molar-refractivity contribution in [2.75, 3.05) is 24.8 Å². The molecular weight excluding hydrogens is 406 g/mol. The van der Waals surface area contributed by atoms with Crippen LogP contribution in [0.1, 0.15) is 52.5 Å². The van der Waals surface area contributed by atoms with Gasteiger partial charge in [0.1, 0.15) is 23.5 Å². The van der Waals surface area contributed by atoms with Crippen LogP contribution in [0.5, 0.6) is 5.75 Å². The van der Waals surface area contributed by atoms with E-state index in [1.807, 2.05) is 39.0 Å². The highest BCUT2D eigenvalue weighted by atomic mass is 16.5. The molecule has 1 fully saturated rings. The first-order valence-corrected chi connectivity index (χ1v) is 11.0. The van der Waals surface area contributed by atoms with Gasteiger partial charge in [-0.1, -0.05) is 39.7 Å². The fourth-order valence-electron chi connectivity index (χ4n) is 4.18. The number of nitrogens with two attached hydrogens (primary N) is 1. The molecule has 1 aliphatic rings. The van der Waals surface area contributed by atoms with E-state index in [1.165, 1.54) is 19.2 Å². The van der Waals surface area contributed by atoms with E-state index in [0.29, 0.717) is 29.9 Å². The Labute approximate surface area is 188 Å². The summed E-state index contributed by atoms with van der Waals surface area (Å²) in [6.07, 6.45) is 7.83. The summed E-state index contributed by atoms with van der Waals surface area (Å²) >= 11 is 0.